The van der Waals surface area contributed by atoms with Crippen molar-refractivity contribution in [2.45, 2.75) is 6.54 Å². The first kappa shape index (κ1) is 18.4. The summed E-state index contributed by atoms with van der Waals surface area (Å²) in [6.45, 7) is 0.106. The minimum atomic E-state index is -0.392. The van der Waals surface area contributed by atoms with Gasteiger partial charge in [0.1, 0.15) is 17.4 Å². The number of hydrogen-bond donors (Lipinski definition) is 1. The molecule has 0 radical (unpaired) electrons. The van der Waals surface area contributed by atoms with Crippen molar-refractivity contribution in [2.75, 3.05) is 5.32 Å². The number of hydrogen-bond acceptors (Lipinski definition) is 3. The van der Waals surface area contributed by atoms with Crippen LogP contribution in [0.2, 0.25) is 5.02 Å². The van der Waals surface area contributed by atoms with Crippen molar-refractivity contribution in [1.82, 2.24) is 9.55 Å². The standard InChI is InChI=1S/C21H15ClFN3OS/c22-15-8-6-14(7-9-15)18-13-28-21(25-18)19-5-2-10-26(19)12-20(27)24-17-4-1-3-16(23)11-17/h1-11,13H,12H2,(H,24,27). The number of aromatic nitrogens is 2. The molecular formula is C21H15ClFN3OS. The molecule has 0 unspecified atom stereocenters. The fourth-order valence-electron chi connectivity index (χ4n) is 2.81. The summed E-state index contributed by atoms with van der Waals surface area (Å²) in [6.07, 6.45) is 1.82. The molecule has 28 heavy (non-hydrogen) atoms. The number of amides is 1. The van der Waals surface area contributed by atoms with Crippen molar-refractivity contribution in [3.05, 3.63) is 83.1 Å². The number of benzene rings is 2. The highest BCUT2D eigenvalue weighted by molar-refractivity contribution is 7.13. The van der Waals surface area contributed by atoms with Gasteiger partial charge in [-0.1, -0.05) is 29.8 Å². The van der Waals surface area contributed by atoms with E-state index in [1.54, 1.807) is 12.1 Å². The first-order valence-electron chi connectivity index (χ1n) is 8.51. The molecule has 0 fully saturated rings. The van der Waals surface area contributed by atoms with Crippen LogP contribution in [0.25, 0.3) is 22.0 Å². The van der Waals surface area contributed by atoms with Gasteiger partial charge in [-0.3, -0.25) is 4.79 Å². The van der Waals surface area contributed by atoms with Crippen molar-refractivity contribution in [1.29, 1.82) is 0 Å². The average molecular weight is 412 g/mol. The minimum Gasteiger partial charge on any atom is -0.336 e. The van der Waals surface area contributed by atoms with E-state index in [1.807, 2.05) is 52.5 Å². The molecule has 0 saturated carbocycles. The number of nitrogens with one attached hydrogen (secondary N) is 1. The van der Waals surface area contributed by atoms with Crippen LogP contribution in [-0.2, 0) is 11.3 Å². The van der Waals surface area contributed by atoms with Crippen LogP contribution in [0, 0.1) is 5.82 Å². The number of rotatable bonds is 5. The van der Waals surface area contributed by atoms with Crippen LogP contribution in [0.5, 0.6) is 0 Å². The van der Waals surface area contributed by atoms with E-state index < -0.39 is 5.82 Å². The smallest absolute Gasteiger partial charge is 0.244 e. The summed E-state index contributed by atoms with van der Waals surface area (Å²) in [5.41, 5.74) is 3.11. The van der Waals surface area contributed by atoms with Crippen LogP contribution in [0.4, 0.5) is 10.1 Å². The fraction of sp³-hybridized carbons (Fsp3) is 0.0476. The maximum absolute atomic E-state index is 13.3. The van der Waals surface area contributed by atoms with E-state index in [2.05, 4.69) is 10.3 Å². The van der Waals surface area contributed by atoms with E-state index >= 15 is 0 Å². The molecule has 7 heteroatoms. The summed E-state index contributed by atoms with van der Waals surface area (Å²) >= 11 is 7.45. The number of thiazole rings is 1. The molecule has 4 aromatic rings. The summed E-state index contributed by atoms with van der Waals surface area (Å²) < 4.78 is 15.1. The van der Waals surface area contributed by atoms with Crippen LogP contribution < -0.4 is 5.32 Å². The van der Waals surface area contributed by atoms with E-state index in [0.717, 1.165) is 22.0 Å². The molecule has 4 nitrogen and oxygen atoms in total. The zero-order valence-corrected chi connectivity index (χ0v) is 16.2. The van der Waals surface area contributed by atoms with Gasteiger partial charge in [-0.25, -0.2) is 9.37 Å². The highest BCUT2D eigenvalue weighted by atomic mass is 35.5. The summed E-state index contributed by atoms with van der Waals surface area (Å²) in [5, 5.41) is 6.17. The SMILES string of the molecule is O=C(Cn1cccc1-c1nc(-c2ccc(Cl)cc2)cs1)Nc1cccc(F)c1. The van der Waals surface area contributed by atoms with E-state index in [-0.39, 0.29) is 12.5 Å². The van der Waals surface area contributed by atoms with Crippen molar-refractivity contribution < 1.29 is 9.18 Å². The van der Waals surface area contributed by atoms with Crippen molar-refractivity contribution in [3.8, 4) is 22.0 Å². The van der Waals surface area contributed by atoms with Crippen molar-refractivity contribution in [2.24, 2.45) is 0 Å². The first-order valence-corrected chi connectivity index (χ1v) is 9.77. The van der Waals surface area contributed by atoms with Gasteiger partial charge in [0, 0.05) is 27.9 Å². The zero-order chi connectivity index (χ0) is 19.5. The van der Waals surface area contributed by atoms with Gasteiger partial charge in [0.25, 0.3) is 0 Å². The van der Waals surface area contributed by atoms with Gasteiger partial charge in [-0.05, 0) is 42.5 Å². The second-order valence-electron chi connectivity index (χ2n) is 6.12. The maximum Gasteiger partial charge on any atom is 0.244 e. The van der Waals surface area contributed by atoms with Gasteiger partial charge < -0.3 is 9.88 Å². The van der Waals surface area contributed by atoms with E-state index in [4.69, 9.17) is 11.6 Å². The predicted molar refractivity (Wildman–Crippen MR) is 111 cm³/mol. The molecule has 2 aromatic heterocycles. The van der Waals surface area contributed by atoms with Gasteiger partial charge in [-0.2, -0.15) is 0 Å². The predicted octanol–water partition coefficient (Wildman–Crippen LogP) is 5.71. The Hall–Kier alpha value is -2.96. The van der Waals surface area contributed by atoms with E-state index in [1.165, 1.54) is 23.5 Å². The van der Waals surface area contributed by atoms with Gasteiger partial charge in [-0.15, -0.1) is 11.3 Å². The highest BCUT2D eigenvalue weighted by Crippen LogP contribution is 2.30. The Morgan fingerprint density at radius 3 is 2.75 bits per heavy atom. The summed E-state index contributed by atoms with van der Waals surface area (Å²) in [7, 11) is 0. The Morgan fingerprint density at radius 1 is 1.14 bits per heavy atom. The lowest BCUT2D eigenvalue weighted by molar-refractivity contribution is -0.116. The number of carbonyl (C=O) groups excluding carboxylic acids is 1. The Labute approximate surface area is 170 Å². The first-order chi connectivity index (χ1) is 13.6. The third-order valence-corrected chi connectivity index (χ3v) is 5.23. The molecule has 1 N–H and O–H groups in total. The lowest BCUT2D eigenvalue weighted by Crippen LogP contribution is -2.18. The number of halogens is 2. The maximum atomic E-state index is 13.3. The monoisotopic (exact) mass is 411 g/mol. The van der Waals surface area contributed by atoms with E-state index in [9.17, 15) is 9.18 Å². The molecule has 2 aromatic carbocycles. The highest BCUT2D eigenvalue weighted by Gasteiger charge is 2.13. The quantitative estimate of drug-likeness (QED) is 0.457. The molecule has 0 atom stereocenters. The molecule has 0 aliphatic carbocycles. The van der Waals surface area contributed by atoms with Crippen molar-refractivity contribution in [3.63, 3.8) is 0 Å². The van der Waals surface area contributed by atoms with Crippen LogP contribution >= 0.6 is 22.9 Å². The summed E-state index contributed by atoms with van der Waals surface area (Å²) in [6, 6.07) is 17.1. The van der Waals surface area contributed by atoms with E-state index in [0.29, 0.717) is 10.7 Å². The lowest BCUT2D eigenvalue weighted by atomic mass is 10.2. The largest absolute Gasteiger partial charge is 0.336 e. The topological polar surface area (TPSA) is 46.9 Å². The Kier molecular flexibility index (Phi) is 5.23. The molecule has 0 aliphatic rings. The second-order valence-corrected chi connectivity index (χ2v) is 7.42. The molecule has 2 heterocycles. The fourth-order valence-corrected chi connectivity index (χ4v) is 3.81. The molecule has 0 aliphatic heterocycles. The molecule has 140 valence electrons. The van der Waals surface area contributed by atoms with Crippen LogP contribution in [-0.4, -0.2) is 15.5 Å². The third-order valence-electron chi connectivity index (χ3n) is 4.12. The molecule has 0 bridgehead atoms. The zero-order valence-electron chi connectivity index (χ0n) is 14.6. The van der Waals surface area contributed by atoms with Gasteiger partial charge >= 0.3 is 0 Å². The second kappa shape index (κ2) is 7.96. The lowest BCUT2D eigenvalue weighted by Gasteiger charge is -2.09. The van der Waals surface area contributed by atoms with Gasteiger partial charge in [0.2, 0.25) is 5.91 Å². The molecule has 1 amide bonds. The van der Waals surface area contributed by atoms with Crippen LogP contribution in [0.1, 0.15) is 0 Å². The Morgan fingerprint density at radius 2 is 1.96 bits per heavy atom. The Bertz CT molecular complexity index is 1120. The molecule has 0 saturated heterocycles. The molecular weight excluding hydrogens is 397 g/mol. The van der Waals surface area contributed by atoms with Crippen molar-refractivity contribution >= 4 is 34.5 Å². The minimum absolute atomic E-state index is 0.106. The number of carbonyl (C=O) groups is 1. The summed E-state index contributed by atoms with van der Waals surface area (Å²) in [5.74, 6) is -0.630. The summed E-state index contributed by atoms with van der Waals surface area (Å²) in [4.78, 5) is 17.0. The number of nitrogens with zero attached hydrogens (tertiary/aromatic N) is 2. The Balaban J connectivity index is 1.51. The van der Waals surface area contributed by atoms with Crippen LogP contribution in [0.15, 0.2) is 72.2 Å². The normalized spacial score (nSPS) is 10.8. The number of anilines is 1. The third kappa shape index (κ3) is 4.13. The van der Waals surface area contributed by atoms with Gasteiger partial charge in [0.15, 0.2) is 0 Å². The van der Waals surface area contributed by atoms with Gasteiger partial charge in [0.05, 0.1) is 11.4 Å². The van der Waals surface area contributed by atoms with Crippen LogP contribution in [0.3, 0.4) is 0 Å². The molecule has 4 rings (SSSR count). The molecule has 0 spiro atoms. The average Bonchev–Trinajstić information content (AvgIpc) is 3.31.